The highest BCUT2D eigenvalue weighted by molar-refractivity contribution is 7.14. The molecule has 7 aromatic heterocycles. The molecule has 4 aliphatic rings. The maximum Gasteiger partial charge on any atom is 0.355 e. The number of allylic oxidation sites excluding steroid dienone is 1. The van der Waals surface area contributed by atoms with Crippen molar-refractivity contribution in [1.82, 2.24) is 61.1 Å². The summed E-state index contributed by atoms with van der Waals surface area (Å²) in [5, 5.41) is 52.4. The molecule has 1 unspecified atom stereocenters. The van der Waals surface area contributed by atoms with E-state index in [2.05, 4.69) is 46.2 Å². The Labute approximate surface area is 541 Å². The zero-order valence-corrected chi connectivity index (χ0v) is 53.7. The Kier molecular flexibility index (Phi) is 17.6. The lowest BCUT2D eigenvalue weighted by Gasteiger charge is -2.48. The number of hydrogen-bond donors (Lipinski definition) is 9. The lowest BCUT2D eigenvalue weighted by Crippen LogP contribution is -2.62. The number of carbonyl (C=O) groups excluding carboxylic acids is 7. The van der Waals surface area contributed by atoms with Gasteiger partial charge in [0.15, 0.2) is 12.4 Å². The molecule has 10 atom stereocenters. The van der Waals surface area contributed by atoms with Crippen LogP contribution in [0.4, 0.5) is 0 Å². The fourth-order valence-corrected chi connectivity index (χ4v) is 15.6. The minimum absolute atomic E-state index is 0.0128. The molecule has 34 heteroatoms. The Morgan fingerprint density at radius 1 is 0.870 bits per heavy atom. The van der Waals surface area contributed by atoms with Crippen molar-refractivity contribution >= 4 is 115 Å². The number of likely N-dealkylation sites (N-methyl/N-ethyl adjacent to an activating group) is 1. The number of nitrogens with one attached hydrogen (secondary N) is 5. The molecular formula is C58H57N13O16S5. The van der Waals surface area contributed by atoms with E-state index in [1.54, 1.807) is 51.5 Å². The minimum Gasteiger partial charge on any atom is -0.506 e. The number of aromatic amines is 1. The number of thiazole rings is 5. The van der Waals surface area contributed by atoms with E-state index in [9.17, 15) is 39.3 Å². The highest BCUT2D eigenvalue weighted by atomic mass is 32.1. The number of aromatic hydroxyl groups is 1. The van der Waals surface area contributed by atoms with Gasteiger partial charge in [-0.1, -0.05) is 12.1 Å². The number of nitrogens with zero attached hydrogens (tertiary/aromatic N) is 7. The molecule has 1 aromatic carbocycles. The molecule has 5 amide bonds. The standard InChI is InChI=1S/C58H57N13O16S5/c1-21(72)37-50(78)69-38(22(2)82-7)54-66-32(20-91-54)48(76)70-42-43-44(87-35-12-58(4,81)45(71(5)6)23(3)86-35)57(80)84-14-24-9-8-10-27-36(24)26(15-83-43)40(61-27)56(79)85-16-28(62-49(77)34-13-60-53(42)92-34)52-63-29(17-89-52)39-25(51-65-31(19-88-51)47(75)68-37)11-33(73)41(67-39)55-64-30(18-90-55)46(59)74/h8-11,13,17-21,23,28,35,37,42-45,61,72-73,81H,12,14-16H2,1-7H3,(H2,59,74)(H,62,77)(H,68,75)(H,69,78)(H,70,76)/b38-22+/t21-,23+,28+,35+,37+,42+,43?,44+,45-,58+/m1/s1. The Morgan fingerprint density at radius 3 is 2.32 bits per heavy atom. The maximum absolute atomic E-state index is 15.1. The summed E-state index contributed by atoms with van der Waals surface area (Å²) in [7, 11) is 4.90. The van der Waals surface area contributed by atoms with Crippen molar-refractivity contribution in [3.63, 3.8) is 0 Å². The fourth-order valence-electron chi connectivity index (χ4n) is 11.4. The van der Waals surface area contributed by atoms with Crippen LogP contribution < -0.4 is 27.0 Å². The number of H-pyrrole nitrogens is 1. The van der Waals surface area contributed by atoms with Crippen LogP contribution in [-0.4, -0.2) is 173 Å². The lowest BCUT2D eigenvalue weighted by molar-refractivity contribution is -0.280. The SMILES string of the molecule is CO/C(C)=C1/NC(=O)[C@H]([C@@H](C)O)NC(=O)c2csc(n2)-c2cc(O)c(-c3nc(C(N)=O)cs3)nc2-c2csc(n2)[C@@H]2COC(=O)c3[nH]c4cccc5c4c3COC([C@H](O[C@H]3C[C@](C)(O)[C@H](N(C)C)[C@H](C)O3)C(=O)OC5)[C@H](NC(=O)c3csc1n3)c1ncc(s1)C(=O)N2. The van der Waals surface area contributed by atoms with E-state index in [0.29, 0.717) is 16.5 Å². The first-order valence-corrected chi connectivity index (χ1v) is 32.6. The quantitative estimate of drug-likeness (QED) is 0.0780. The van der Waals surface area contributed by atoms with Crippen molar-refractivity contribution in [3.05, 3.63) is 112 Å². The number of cyclic esters (lactones) is 2. The number of ether oxygens (including phenoxy) is 6. The Balaban J connectivity index is 1.04. The number of esters is 2. The summed E-state index contributed by atoms with van der Waals surface area (Å²) in [6.07, 6.45) is -5.97. The van der Waals surface area contributed by atoms with E-state index in [0.717, 1.165) is 56.7 Å². The number of aromatic nitrogens is 7. The average molecular weight is 1350 g/mol. The normalized spacial score (nSPS) is 24.9. The largest absolute Gasteiger partial charge is 0.506 e. The molecular weight excluding hydrogens is 1300 g/mol. The second-order valence-electron chi connectivity index (χ2n) is 22.3. The predicted octanol–water partition coefficient (Wildman–Crippen LogP) is 4.55. The first-order chi connectivity index (χ1) is 43.9. The van der Waals surface area contributed by atoms with Gasteiger partial charge in [0.2, 0.25) is 5.91 Å². The van der Waals surface area contributed by atoms with Gasteiger partial charge < -0.3 is 80.6 Å². The summed E-state index contributed by atoms with van der Waals surface area (Å²) in [5.74, 6) is -6.57. The number of nitrogens with two attached hydrogens (primary N) is 1. The molecule has 0 radical (unpaired) electrons. The number of fused-ring (bicyclic) bond motifs is 15. The third-order valence-corrected chi connectivity index (χ3v) is 20.3. The van der Waals surface area contributed by atoms with Gasteiger partial charge in [0.25, 0.3) is 23.6 Å². The van der Waals surface area contributed by atoms with Crippen LogP contribution in [0.2, 0.25) is 0 Å². The van der Waals surface area contributed by atoms with Crippen LogP contribution in [0.15, 0.2) is 57.7 Å². The molecule has 0 aliphatic carbocycles. The third-order valence-electron chi connectivity index (χ3n) is 15.6. The van der Waals surface area contributed by atoms with E-state index in [1.165, 1.54) is 49.4 Å². The van der Waals surface area contributed by atoms with Crippen LogP contribution in [0.5, 0.6) is 5.75 Å². The number of benzene rings is 1. The second kappa shape index (κ2) is 25.5. The van der Waals surface area contributed by atoms with Gasteiger partial charge in [0.1, 0.15) is 124 Å². The topological polar surface area (TPSA) is 406 Å². The smallest absolute Gasteiger partial charge is 0.355 e. The first kappa shape index (κ1) is 63.6. The zero-order chi connectivity index (χ0) is 65.2. The summed E-state index contributed by atoms with van der Waals surface area (Å²) < 4.78 is 37.8. The molecule has 12 bridgehead atoms. The van der Waals surface area contributed by atoms with Gasteiger partial charge in [-0.3, -0.25) is 24.0 Å². The monoisotopic (exact) mass is 1350 g/mol. The Bertz CT molecular complexity index is 4300. The predicted molar refractivity (Wildman–Crippen MR) is 332 cm³/mol. The molecule has 10 N–H and O–H groups in total. The zero-order valence-electron chi connectivity index (χ0n) is 49.6. The summed E-state index contributed by atoms with van der Waals surface area (Å²) in [6, 6.07) is 1.43. The number of amides is 5. The van der Waals surface area contributed by atoms with Crippen LogP contribution >= 0.6 is 56.7 Å². The fraction of sp³-hybridized carbons (Fsp3) is 0.362. The van der Waals surface area contributed by atoms with E-state index in [-0.39, 0.29) is 105 Å². The number of aliphatic hydroxyl groups is 2. The van der Waals surface area contributed by atoms with Crippen LogP contribution in [0.1, 0.15) is 124 Å². The van der Waals surface area contributed by atoms with Gasteiger partial charge in [-0.2, -0.15) is 0 Å². The molecule has 8 aromatic rings. The number of pyridine rings is 1. The third kappa shape index (κ3) is 12.4. The van der Waals surface area contributed by atoms with Gasteiger partial charge in [0.05, 0.1) is 43.8 Å². The van der Waals surface area contributed by atoms with E-state index >= 15 is 9.59 Å². The van der Waals surface area contributed by atoms with Crippen LogP contribution in [0, 0.1) is 0 Å². The highest BCUT2D eigenvalue weighted by Crippen LogP contribution is 2.43. The second-order valence-corrected chi connectivity index (χ2v) is 26.8. The van der Waals surface area contributed by atoms with Gasteiger partial charge in [-0.25, -0.2) is 39.5 Å². The summed E-state index contributed by atoms with van der Waals surface area (Å²) in [6.45, 7) is 4.76. The van der Waals surface area contributed by atoms with Crippen LogP contribution in [0.25, 0.3) is 49.3 Å². The minimum atomic E-state index is -1.84. The van der Waals surface area contributed by atoms with Crippen molar-refractivity contribution in [2.45, 2.75) is 108 Å². The van der Waals surface area contributed by atoms with Crippen molar-refractivity contribution in [2.75, 3.05) is 27.8 Å². The molecule has 92 heavy (non-hydrogen) atoms. The van der Waals surface area contributed by atoms with Gasteiger partial charge in [-0.05, 0) is 59.5 Å². The Hall–Kier alpha value is -8.55. The molecule has 1 fully saturated rings. The van der Waals surface area contributed by atoms with Crippen LogP contribution in [0.3, 0.4) is 0 Å². The molecule has 1 saturated heterocycles. The first-order valence-electron chi connectivity index (χ1n) is 28.2. The highest BCUT2D eigenvalue weighted by Gasteiger charge is 2.50. The molecule has 0 saturated carbocycles. The lowest BCUT2D eigenvalue weighted by atomic mass is 9.85. The van der Waals surface area contributed by atoms with Gasteiger partial charge in [-0.15, -0.1) is 56.7 Å². The van der Waals surface area contributed by atoms with Crippen LogP contribution in [-0.2, 0) is 51.2 Å². The molecule has 4 aliphatic heterocycles. The maximum atomic E-state index is 15.1. The van der Waals surface area contributed by atoms with Crippen molar-refractivity contribution < 1.29 is 77.3 Å². The molecule has 11 heterocycles. The number of methoxy groups -OCH3 is 1. The van der Waals surface area contributed by atoms with E-state index in [1.807, 2.05) is 4.90 Å². The summed E-state index contributed by atoms with van der Waals surface area (Å²) in [4.78, 5) is 134. The molecule has 29 nitrogen and oxygen atoms in total. The number of hydrogen-bond acceptors (Lipinski definition) is 28. The van der Waals surface area contributed by atoms with Crippen molar-refractivity contribution in [1.29, 1.82) is 0 Å². The Morgan fingerprint density at radius 2 is 1.60 bits per heavy atom. The number of rotatable bonds is 7. The van der Waals surface area contributed by atoms with E-state index in [4.69, 9.17) is 44.1 Å². The van der Waals surface area contributed by atoms with Gasteiger partial charge in [0, 0.05) is 50.0 Å². The number of aliphatic hydroxyl groups excluding tert-OH is 1. The number of carbonyl (C=O) groups is 7. The van der Waals surface area contributed by atoms with Gasteiger partial charge >= 0.3 is 11.9 Å². The number of primary amides is 1. The summed E-state index contributed by atoms with van der Waals surface area (Å²) >= 11 is 4.66. The molecule has 480 valence electrons. The molecule has 12 rings (SSSR count). The average Bonchev–Trinajstić information content (AvgIpc) is 1.50. The van der Waals surface area contributed by atoms with Crippen molar-refractivity contribution in [2.24, 2.45) is 5.73 Å². The molecule has 0 spiro atoms. The van der Waals surface area contributed by atoms with E-state index < -0.39 is 121 Å². The van der Waals surface area contributed by atoms with Crippen molar-refractivity contribution in [3.8, 4) is 38.4 Å². The summed E-state index contributed by atoms with van der Waals surface area (Å²) in [5.41, 5.74) is 4.72.